The van der Waals surface area contributed by atoms with Gasteiger partial charge in [0.05, 0.1) is 16.9 Å². The maximum atomic E-state index is 12.2. The minimum atomic E-state index is -4.35. The molecule has 272 valence electrons. The number of aryl methyl sites for hydroxylation is 1. The van der Waals surface area contributed by atoms with Gasteiger partial charge in [-0.1, -0.05) is 50.5 Å². The summed E-state index contributed by atoms with van der Waals surface area (Å²) >= 11 is 0. The molecule has 2 heterocycles. The number of amides is 1. The lowest BCUT2D eigenvalue weighted by Gasteiger charge is -2.25. The molecule has 9 nitrogen and oxygen atoms in total. The van der Waals surface area contributed by atoms with Crippen molar-refractivity contribution in [3.63, 3.8) is 0 Å². The van der Waals surface area contributed by atoms with Crippen molar-refractivity contribution in [1.82, 2.24) is 5.32 Å². The van der Waals surface area contributed by atoms with E-state index in [1.54, 1.807) is 32.9 Å². The van der Waals surface area contributed by atoms with Crippen LogP contribution in [0.25, 0.3) is 0 Å². The predicted octanol–water partition coefficient (Wildman–Crippen LogP) is 8.31. The van der Waals surface area contributed by atoms with Gasteiger partial charge in [0, 0.05) is 53.9 Å². The van der Waals surface area contributed by atoms with E-state index in [2.05, 4.69) is 92.8 Å². The van der Waals surface area contributed by atoms with E-state index in [4.69, 9.17) is 4.74 Å². The van der Waals surface area contributed by atoms with E-state index >= 15 is 0 Å². The molecule has 0 saturated carbocycles. The Morgan fingerprint density at radius 3 is 2.30 bits per heavy atom. The molecule has 0 fully saturated rings. The fourth-order valence-electron chi connectivity index (χ4n) is 7.11. The number of alkyl carbamates (subject to hydrolysis) is 1. The van der Waals surface area contributed by atoms with E-state index in [1.807, 2.05) is 0 Å². The van der Waals surface area contributed by atoms with Gasteiger partial charge < -0.3 is 15.0 Å². The van der Waals surface area contributed by atoms with E-state index in [1.165, 1.54) is 28.6 Å². The van der Waals surface area contributed by atoms with Crippen LogP contribution in [0, 0.1) is 6.92 Å². The summed E-state index contributed by atoms with van der Waals surface area (Å²) in [5.41, 5.74) is 6.62. The van der Waals surface area contributed by atoms with Crippen LogP contribution in [-0.4, -0.2) is 60.4 Å². The summed E-state index contributed by atoms with van der Waals surface area (Å²) in [4.78, 5) is 26.3. The van der Waals surface area contributed by atoms with E-state index < -0.39 is 27.2 Å². The zero-order valence-corrected chi connectivity index (χ0v) is 32.2. The van der Waals surface area contributed by atoms with Crippen molar-refractivity contribution in [2.45, 2.75) is 122 Å². The van der Waals surface area contributed by atoms with Crippen LogP contribution in [0.5, 0.6) is 0 Å². The highest BCUT2D eigenvalue weighted by Gasteiger charge is 2.45. The molecule has 0 bridgehead atoms. The van der Waals surface area contributed by atoms with Crippen LogP contribution >= 0.6 is 0 Å². The number of nitrogens with one attached hydrogen (secondary N) is 1. The Labute approximate surface area is 299 Å². The number of Topliss-reactive ketones (excluding diaryl/α,β-unsaturated/α-hetero) is 1. The first kappa shape index (κ1) is 39.0. The first-order valence-electron chi connectivity index (χ1n) is 17.8. The second-order valence-corrected chi connectivity index (χ2v) is 17.0. The molecule has 0 spiro atoms. The third-order valence-electron chi connectivity index (χ3n) is 9.70. The molecule has 4 rings (SSSR count). The van der Waals surface area contributed by atoms with E-state index in [0.717, 1.165) is 62.2 Å². The van der Waals surface area contributed by atoms with E-state index in [0.29, 0.717) is 6.42 Å². The Bertz CT molecular complexity index is 1810. The van der Waals surface area contributed by atoms with Crippen molar-refractivity contribution < 1.29 is 31.9 Å². The number of fused-ring (bicyclic) bond motifs is 2. The molecule has 2 aromatic carbocycles. The van der Waals surface area contributed by atoms with E-state index in [-0.39, 0.29) is 22.6 Å². The number of likely N-dealkylation sites (N-methyl/N-ethyl adjacent to an activating group) is 1. The van der Waals surface area contributed by atoms with Gasteiger partial charge in [-0.15, -0.1) is 0 Å². The van der Waals surface area contributed by atoms with Crippen molar-refractivity contribution in [3.8, 4) is 0 Å². The van der Waals surface area contributed by atoms with Crippen LogP contribution in [0.4, 0.5) is 16.2 Å². The normalized spacial score (nSPS) is 17.4. The largest absolute Gasteiger partial charge is 0.444 e. The minimum absolute atomic E-state index is 0.0148. The molecule has 0 unspecified atom stereocenters. The first-order chi connectivity index (χ1) is 23.3. The standard InChI is InChI=1S/C40H55N3O6S/c1-10-42-33-22-20-28(2)25-31(33)39(6,7)35(42)18-16-19-36-40(8,9)32-26-30(50(46,47)48)21-23-34(32)43(36)24-15-13-11-12-14-17-29(44)27-41-37(45)49-38(3,4)5/h16,18-23,25-26H,10-15,17,24,27H2,1-9H3,(H-,41,45,46,47,48)/p+1. The van der Waals surface area contributed by atoms with Crippen molar-refractivity contribution >= 4 is 39.1 Å². The SMILES string of the molecule is CCN1C(=CC=CC2=[N+](CCCCCCCC(=O)CNC(=O)OC(C)(C)C)c3ccc(S(=O)(=O)O)cc3C2(C)C)C(C)(C)c2cc(C)ccc21. The van der Waals surface area contributed by atoms with Crippen LogP contribution in [0.3, 0.4) is 0 Å². The van der Waals surface area contributed by atoms with Gasteiger partial charge in [0.1, 0.15) is 12.1 Å². The number of hydrogen-bond donors (Lipinski definition) is 2. The lowest BCUT2D eigenvalue weighted by molar-refractivity contribution is -0.438. The summed E-state index contributed by atoms with van der Waals surface area (Å²) < 4.78 is 41.4. The third-order valence-corrected chi connectivity index (χ3v) is 10.5. The number of ketones is 1. The third kappa shape index (κ3) is 8.93. The summed E-state index contributed by atoms with van der Waals surface area (Å²) in [5.74, 6) is -0.0148. The number of allylic oxidation sites excluding steroid dienone is 4. The molecule has 0 saturated heterocycles. The van der Waals surface area contributed by atoms with Crippen molar-refractivity contribution in [2.24, 2.45) is 0 Å². The molecular formula is C40H56N3O6S+. The number of nitrogens with zero attached hydrogens (tertiary/aromatic N) is 2. The van der Waals surface area contributed by atoms with E-state index in [9.17, 15) is 22.6 Å². The molecule has 0 atom stereocenters. The number of ether oxygens (including phenoxy) is 1. The highest BCUT2D eigenvalue weighted by molar-refractivity contribution is 7.85. The second kappa shape index (κ2) is 15.2. The fourth-order valence-corrected chi connectivity index (χ4v) is 7.62. The molecule has 2 aliphatic heterocycles. The minimum Gasteiger partial charge on any atom is -0.444 e. The van der Waals surface area contributed by atoms with Crippen LogP contribution in [0.1, 0.15) is 111 Å². The van der Waals surface area contributed by atoms with Crippen molar-refractivity contribution in [2.75, 3.05) is 24.5 Å². The van der Waals surface area contributed by atoms with Gasteiger partial charge in [-0.05, 0) is 91.1 Å². The van der Waals surface area contributed by atoms with Gasteiger partial charge in [-0.3, -0.25) is 9.35 Å². The van der Waals surface area contributed by atoms with Gasteiger partial charge in [-0.2, -0.15) is 13.0 Å². The smallest absolute Gasteiger partial charge is 0.408 e. The zero-order chi connectivity index (χ0) is 37.1. The Balaban J connectivity index is 1.47. The van der Waals surface area contributed by atoms with Gasteiger partial charge in [0.15, 0.2) is 11.5 Å². The lowest BCUT2D eigenvalue weighted by atomic mass is 9.81. The topological polar surface area (TPSA) is 116 Å². The molecule has 50 heavy (non-hydrogen) atoms. The van der Waals surface area contributed by atoms with Gasteiger partial charge >= 0.3 is 6.09 Å². The van der Waals surface area contributed by atoms with Crippen LogP contribution in [0.15, 0.2) is 65.2 Å². The Morgan fingerprint density at radius 2 is 1.64 bits per heavy atom. The molecule has 0 radical (unpaired) electrons. The number of carbonyl (C=O) groups is 2. The maximum Gasteiger partial charge on any atom is 0.408 e. The Kier molecular flexibility index (Phi) is 11.9. The van der Waals surface area contributed by atoms with Gasteiger partial charge in [-0.25, -0.2) is 4.79 Å². The molecular weight excluding hydrogens is 651 g/mol. The molecule has 10 heteroatoms. The highest BCUT2D eigenvalue weighted by atomic mass is 32.2. The van der Waals surface area contributed by atoms with Crippen molar-refractivity contribution in [3.05, 3.63) is 77.0 Å². The lowest BCUT2D eigenvalue weighted by Crippen LogP contribution is -2.35. The fraction of sp³-hybridized carbons (Fsp3) is 0.525. The van der Waals surface area contributed by atoms with Crippen LogP contribution < -0.4 is 10.2 Å². The monoisotopic (exact) mass is 706 g/mol. The van der Waals surface area contributed by atoms with Crippen LogP contribution in [0.2, 0.25) is 0 Å². The second-order valence-electron chi connectivity index (χ2n) is 15.5. The zero-order valence-electron chi connectivity index (χ0n) is 31.4. The van der Waals surface area contributed by atoms with Gasteiger partial charge in [0.25, 0.3) is 10.1 Å². The molecule has 2 aromatic rings. The molecule has 2 aliphatic rings. The first-order valence-corrected chi connectivity index (χ1v) is 19.2. The number of rotatable bonds is 14. The number of benzene rings is 2. The Morgan fingerprint density at radius 1 is 0.960 bits per heavy atom. The molecule has 1 amide bonds. The number of hydrogen-bond acceptors (Lipinski definition) is 6. The highest BCUT2D eigenvalue weighted by Crippen LogP contribution is 2.48. The average Bonchev–Trinajstić information content (AvgIpc) is 3.36. The summed E-state index contributed by atoms with van der Waals surface area (Å²) in [6.07, 6.45) is 10.8. The Hall–Kier alpha value is -3.76. The predicted molar refractivity (Wildman–Crippen MR) is 200 cm³/mol. The quantitative estimate of drug-likeness (QED) is 0.115. The van der Waals surface area contributed by atoms with Gasteiger partial charge in [0.2, 0.25) is 5.69 Å². The number of carbonyl (C=O) groups excluding carboxylic acids is 2. The summed E-state index contributed by atoms with van der Waals surface area (Å²) in [6.45, 7) is 19.9. The molecule has 0 aliphatic carbocycles. The van der Waals surface area contributed by atoms with Crippen LogP contribution in [-0.2, 0) is 30.5 Å². The summed E-state index contributed by atoms with van der Waals surface area (Å²) in [7, 11) is -4.35. The summed E-state index contributed by atoms with van der Waals surface area (Å²) in [5, 5.41) is 2.53. The maximum absolute atomic E-state index is 12.2. The average molecular weight is 707 g/mol. The molecule has 2 N–H and O–H groups in total. The van der Waals surface area contributed by atoms with Crippen molar-refractivity contribution in [1.29, 1.82) is 0 Å². The molecule has 0 aromatic heterocycles. The summed E-state index contributed by atoms with van der Waals surface area (Å²) in [6, 6.07) is 11.5. The number of unbranched alkanes of at least 4 members (excludes halogenated alkanes) is 4. The number of anilines is 1.